The smallest absolute Gasteiger partial charge is 0.276 e. The highest BCUT2D eigenvalue weighted by molar-refractivity contribution is 7.13. The highest BCUT2D eigenvalue weighted by Gasteiger charge is 2.20. The van der Waals surface area contributed by atoms with Gasteiger partial charge in [-0.25, -0.2) is 0 Å². The highest BCUT2D eigenvalue weighted by atomic mass is 32.1. The van der Waals surface area contributed by atoms with Crippen LogP contribution in [0.5, 0.6) is 0 Å². The molecule has 2 amide bonds. The van der Waals surface area contributed by atoms with Crippen LogP contribution in [0.4, 0.5) is 5.69 Å². The van der Waals surface area contributed by atoms with Gasteiger partial charge in [-0.3, -0.25) is 9.59 Å². The number of carbonyl (C=O) groups is 2. The van der Waals surface area contributed by atoms with E-state index in [1.165, 1.54) is 11.5 Å². The molecule has 1 aliphatic heterocycles. The van der Waals surface area contributed by atoms with Crippen LogP contribution in [0, 0.1) is 0 Å². The molecule has 7 heteroatoms. The summed E-state index contributed by atoms with van der Waals surface area (Å²) in [6, 6.07) is 14.5. The van der Waals surface area contributed by atoms with Crippen LogP contribution in [0.2, 0.25) is 0 Å². The van der Waals surface area contributed by atoms with Gasteiger partial charge < -0.3 is 15.4 Å². The van der Waals surface area contributed by atoms with E-state index >= 15 is 0 Å². The normalized spacial score (nSPS) is 16.4. The lowest BCUT2D eigenvalue weighted by Crippen LogP contribution is -2.32. The molecule has 1 atom stereocenters. The third-order valence-electron chi connectivity index (χ3n) is 4.53. The molecule has 2 aromatic carbocycles. The van der Waals surface area contributed by atoms with Crippen LogP contribution in [0.15, 0.2) is 48.5 Å². The van der Waals surface area contributed by atoms with Crippen molar-refractivity contribution in [3.8, 4) is 0 Å². The van der Waals surface area contributed by atoms with Gasteiger partial charge in [-0.05, 0) is 42.6 Å². The summed E-state index contributed by atoms with van der Waals surface area (Å²) in [5, 5.41) is 6.52. The molecule has 2 heterocycles. The summed E-state index contributed by atoms with van der Waals surface area (Å²) in [7, 11) is 0. The zero-order chi connectivity index (χ0) is 18.6. The molecule has 0 saturated carbocycles. The Kier molecular flexibility index (Phi) is 5.13. The summed E-state index contributed by atoms with van der Waals surface area (Å²) < 4.78 is 10.7. The number of para-hydroxylation sites is 1. The van der Waals surface area contributed by atoms with Gasteiger partial charge in [0.15, 0.2) is 0 Å². The number of fused-ring (bicyclic) bond motifs is 1. The van der Waals surface area contributed by atoms with Gasteiger partial charge in [0.2, 0.25) is 0 Å². The van der Waals surface area contributed by atoms with E-state index in [1.807, 2.05) is 24.3 Å². The Morgan fingerprint density at radius 3 is 2.78 bits per heavy atom. The Balaban J connectivity index is 1.50. The van der Waals surface area contributed by atoms with E-state index in [2.05, 4.69) is 15.0 Å². The van der Waals surface area contributed by atoms with Gasteiger partial charge in [-0.15, -0.1) is 0 Å². The van der Waals surface area contributed by atoms with Crippen molar-refractivity contribution >= 4 is 39.1 Å². The molecule has 27 heavy (non-hydrogen) atoms. The lowest BCUT2D eigenvalue weighted by molar-refractivity contribution is 0.0858. The number of nitrogens with zero attached hydrogens (tertiary/aromatic N) is 1. The second-order valence-electron chi connectivity index (χ2n) is 6.37. The minimum atomic E-state index is -0.327. The maximum atomic E-state index is 12.7. The molecule has 1 aliphatic rings. The van der Waals surface area contributed by atoms with Gasteiger partial charge in [0, 0.05) is 18.5 Å². The maximum absolute atomic E-state index is 12.7. The average molecular weight is 381 g/mol. The standard InChI is InChI=1S/C20H19N3O3S/c24-19(21-12-13-6-5-11-26-13)14-7-1-3-9-16(14)22-20(25)18-15-8-2-4-10-17(15)27-23-18/h1-4,7-10,13H,5-6,11-12H2,(H,21,24)(H,22,25)/t13-/m0/s1. The number of ether oxygens (including phenoxy) is 1. The van der Waals surface area contributed by atoms with Gasteiger partial charge in [0.05, 0.1) is 22.1 Å². The fourth-order valence-corrected chi connectivity index (χ4v) is 3.90. The SMILES string of the molecule is O=C(NC[C@@H]1CCCO1)c1ccccc1NC(=O)c1nsc2ccccc12. The minimum Gasteiger partial charge on any atom is -0.376 e. The molecule has 0 bridgehead atoms. The van der Waals surface area contributed by atoms with Crippen molar-refractivity contribution < 1.29 is 14.3 Å². The number of carbonyl (C=O) groups excluding carboxylic acids is 2. The van der Waals surface area contributed by atoms with Crippen LogP contribution in [0.25, 0.3) is 10.1 Å². The van der Waals surface area contributed by atoms with Crippen LogP contribution in [-0.4, -0.2) is 35.4 Å². The van der Waals surface area contributed by atoms with E-state index in [0.29, 0.717) is 23.5 Å². The van der Waals surface area contributed by atoms with Gasteiger partial charge in [0.1, 0.15) is 5.69 Å². The van der Waals surface area contributed by atoms with E-state index < -0.39 is 0 Å². The lowest BCUT2D eigenvalue weighted by Gasteiger charge is -2.13. The summed E-state index contributed by atoms with van der Waals surface area (Å²) in [6.45, 7) is 1.21. The molecule has 2 N–H and O–H groups in total. The van der Waals surface area contributed by atoms with E-state index in [0.717, 1.165) is 29.5 Å². The number of hydrogen-bond acceptors (Lipinski definition) is 5. The Bertz CT molecular complexity index is 979. The van der Waals surface area contributed by atoms with Gasteiger partial charge in [-0.2, -0.15) is 4.37 Å². The average Bonchev–Trinajstić information content (AvgIpc) is 3.36. The van der Waals surface area contributed by atoms with Crippen molar-refractivity contribution in [3.63, 3.8) is 0 Å². The monoisotopic (exact) mass is 381 g/mol. The second-order valence-corrected chi connectivity index (χ2v) is 7.18. The van der Waals surface area contributed by atoms with Crippen molar-refractivity contribution in [2.45, 2.75) is 18.9 Å². The molecule has 0 unspecified atom stereocenters. The number of hydrogen-bond donors (Lipinski definition) is 2. The molecule has 0 spiro atoms. The van der Waals surface area contributed by atoms with Crippen LogP contribution >= 0.6 is 11.5 Å². The third-order valence-corrected chi connectivity index (χ3v) is 5.35. The first-order valence-electron chi connectivity index (χ1n) is 8.87. The topological polar surface area (TPSA) is 80.3 Å². The molecule has 0 aliphatic carbocycles. The third kappa shape index (κ3) is 3.84. The summed E-state index contributed by atoms with van der Waals surface area (Å²) >= 11 is 1.28. The van der Waals surface area contributed by atoms with Gasteiger partial charge in [-0.1, -0.05) is 30.3 Å². The van der Waals surface area contributed by atoms with Crippen molar-refractivity contribution in [2.24, 2.45) is 0 Å². The first kappa shape index (κ1) is 17.6. The van der Waals surface area contributed by atoms with Gasteiger partial charge >= 0.3 is 0 Å². The van der Waals surface area contributed by atoms with Crippen LogP contribution in [0.1, 0.15) is 33.7 Å². The Morgan fingerprint density at radius 2 is 1.93 bits per heavy atom. The molecule has 0 radical (unpaired) electrons. The van der Waals surface area contributed by atoms with Crippen LogP contribution in [-0.2, 0) is 4.74 Å². The second kappa shape index (κ2) is 7.85. The number of rotatable bonds is 5. The zero-order valence-electron chi connectivity index (χ0n) is 14.6. The van der Waals surface area contributed by atoms with Crippen molar-refractivity contribution in [3.05, 3.63) is 59.8 Å². The molecule has 3 aromatic rings. The molecular weight excluding hydrogens is 362 g/mol. The van der Waals surface area contributed by atoms with Gasteiger partial charge in [0.25, 0.3) is 11.8 Å². The fraction of sp³-hybridized carbons (Fsp3) is 0.250. The predicted octanol–water partition coefficient (Wildman–Crippen LogP) is 3.46. The number of amides is 2. The molecule has 138 valence electrons. The number of anilines is 1. The number of aromatic nitrogens is 1. The van der Waals surface area contributed by atoms with E-state index in [9.17, 15) is 9.59 Å². The van der Waals surface area contributed by atoms with Crippen LogP contribution in [0.3, 0.4) is 0 Å². The Labute approximate surface area is 160 Å². The van der Waals surface area contributed by atoms with E-state index in [-0.39, 0.29) is 17.9 Å². The van der Waals surface area contributed by atoms with Crippen molar-refractivity contribution in [2.75, 3.05) is 18.5 Å². The molecule has 1 aromatic heterocycles. The largest absolute Gasteiger partial charge is 0.376 e. The lowest BCUT2D eigenvalue weighted by atomic mass is 10.1. The van der Waals surface area contributed by atoms with Crippen LogP contribution < -0.4 is 10.6 Å². The Hall–Kier alpha value is -2.77. The van der Waals surface area contributed by atoms with E-state index in [4.69, 9.17) is 4.74 Å². The summed E-state index contributed by atoms with van der Waals surface area (Å²) in [5.41, 5.74) is 1.25. The first-order chi connectivity index (χ1) is 13.2. The molecule has 6 nitrogen and oxygen atoms in total. The number of nitrogens with one attached hydrogen (secondary N) is 2. The van der Waals surface area contributed by atoms with E-state index in [1.54, 1.807) is 24.3 Å². The maximum Gasteiger partial charge on any atom is 0.276 e. The first-order valence-corrected chi connectivity index (χ1v) is 9.64. The molecule has 4 rings (SSSR count). The zero-order valence-corrected chi connectivity index (χ0v) is 15.4. The fourth-order valence-electron chi connectivity index (χ4n) is 3.13. The summed E-state index contributed by atoms with van der Waals surface area (Å²) in [5.74, 6) is -0.559. The quantitative estimate of drug-likeness (QED) is 0.709. The molecular formula is C20H19N3O3S. The summed E-state index contributed by atoms with van der Waals surface area (Å²) in [4.78, 5) is 25.3. The molecule has 1 saturated heterocycles. The van der Waals surface area contributed by atoms with Crippen molar-refractivity contribution in [1.29, 1.82) is 0 Å². The molecule has 1 fully saturated rings. The highest BCUT2D eigenvalue weighted by Crippen LogP contribution is 2.24. The van der Waals surface area contributed by atoms with Crippen molar-refractivity contribution in [1.82, 2.24) is 9.69 Å². The Morgan fingerprint density at radius 1 is 1.11 bits per heavy atom. The minimum absolute atomic E-state index is 0.0667. The number of benzene rings is 2. The predicted molar refractivity (Wildman–Crippen MR) is 105 cm³/mol. The summed E-state index contributed by atoms with van der Waals surface area (Å²) in [6.07, 6.45) is 2.04.